The first-order valence-corrected chi connectivity index (χ1v) is 7.11. The Kier molecular flexibility index (Phi) is 3.29. The summed E-state index contributed by atoms with van der Waals surface area (Å²) in [6.07, 6.45) is 2.17. The summed E-state index contributed by atoms with van der Waals surface area (Å²) in [5, 5.41) is 0. The first-order chi connectivity index (χ1) is 8.30. The van der Waals surface area contributed by atoms with Crippen LogP contribution in [0.4, 0.5) is 5.82 Å². The van der Waals surface area contributed by atoms with Crippen molar-refractivity contribution in [1.29, 1.82) is 0 Å². The van der Waals surface area contributed by atoms with Crippen LogP contribution in [-0.2, 0) is 15.8 Å². The fraction of sp³-hybridized carbons (Fsp3) is 0.556. The first kappa shape index (κ1) is 13.2. The number of ether oxygens (including phenoxy) is 1. The van der Waals surface area contributed by atoms with Crippen LogP contribution < -0.4 is 11.4 Å². The van der Waals surface area contributed by atoms with Gasteiger partial charge < -0.3 is 20.3 Å². The van der Waals surface area contributed by atoms with Gasteiger partial charge in [-0.1, -0.05) is 0 Å². The second-order valence-electron chi connectivity index (χ2n) is 4.38. The van der Waals surface area contributed by atoms with Crippen molar-refractivity contribution in [2.75, 3.05) is 12.1 Å². The third-order valence-corrected chi connectivity index (χ3v) is 3.17. The van der Waals surface area contributed by atoms with Crippen LogP contribution in [0, 0.1) is 0 Å². The zero-order valence-corrected chi connectivity index (χ0v) is 10.4. The van der Waals surface area contributed by atoms with Crippen molar-refractivity contribution in [3.8, 4) is 0 Å². The molecule has 0 radical (unpaired) electrons. The van der Waals surface area contributed by atoms with Crippen LogP contribution >= 0.6 is 7.60 Å². The molecule has 18 heavy (non-hydrogen) atoms. The van der Waals surface area contributed by atoms with Crippen molar-refractivity contribution in [1.82, 2.24) is 9.55 Å². The zero-order valence-electron chi connectivity index (χ0n) is 9.52. The zero-order chi connectivity index (χ0) is 13.4. The van der Waals surface area contributed by atoms with Gasteiger partial charge in [0.05, 0.1) is 12.1 Å². The lowest BCUT2D eigenvalue weighted by molar-refractivity contribution is 0.0400. The summed E-state index contributed by atoms with van der Waals surface area (Å²) in [4.78, 5) is 32.6. The number of hydrogen-bond acceptors (Lipinski definition) is 5. The van der Waals surface area contributed by atoms with Crippen LogP contribution in [0.25, 0.3) is 0 Å². The van der Waals surface area contributed by atoms with E-state index in [1.165, 1.54) is 16.8 Å². The standard InChI is InChI=1S/C9H14N3O5P/c10-7-1-4-12(8(13)11-7)5-9(2-3-9)17-6-18(14,15)16/h1,4H,2-3,5-6H2,(H2,10,11,13)(H2,14,15,16). The molecule has 1 aromatic rings. The van der Waals surface area contributed by atoms with Crippen molar-refractivity contribution < 1.29 is 19.1 Å². The van der Waals surface area contributed by atoms with E-state index in [2.05, 4.69) is 4.98 Å². The first-order valence-electron chi connectivity index (χ1n) is 5.31. The monoisotopic (exact) mass is 275 g/mol. The number of aromatic nitrogens is 2. The summed E-state index contributed by atoms with van der Waals surface area (Å²) in [5.74, 6) is 0.136. The molecule has 100 valence electrons. The molecule has 1 aliphatic rings. The topological polar surface area (TPSA) is 128 Å². The largest absolute Gasteiger partial charge is 0.383 e. The molecule has 1 aromatic heterocycles. The number of anilines is 1. The predicted octanol–water partition coefficient (Wildman–Crippen LogP) is -0.490. The van der Waals surface area contributed by atoms with E-state index in [1.54, 1.807) is 0 Å². The number of nitrogens with zero attached hydrogens (tertiary/aromatic N) is 2. The Labute approximate surface area is 103 Å². The number of hydrogen-bond donors (Lipinski definition) is 3. The average Bonchev–Trinajstić information content (AvgIpc) is 3.00. The molecule has 1 saturated carbocycles. The Bertz CT molecular complexity index is 547. The van der Waals surface area contributed by atoms with Gasteiger partial charge in [0.25, 0.3) is 0 Å². The van der Waals surface area contributed by atoms with E-state index in [0.717, 1.165) is 0 Å². The van der Waals surface area contributed by atoms with Gasteiger partial charge in [-0.25, -0.2) is 4.79 Å². The average molecular weight is 275 g/mol. The number of rotatable bonds is 5. The van der Waals surface area contributed by atoms with Gasteiger partial charge in [0, 0.05) is 6.20 Å². The Balaban J connectivity index is 2.05. The molecule has 1 fully saturated rings. The lowest BCUT2D eigenvalue weighted by atomic mass is 10.3. The molecule has 8 nitrogen and oxygen atoms in total. The van der Waals surface area contributed by atoms with Gasteiger partial charge >= 0.3 is 13.3 Å². The Morgan fingerprint density at radius 1 is 1.56 bits per heavy atom. The summed E-state index contributed by atoms with van der Waals surface area (Å²) in [6.45, 7) is 0.221. The fourth-order valence-electron chi connectivity index (χ4n) is 1.58. The van der Waals surface area contributed by atoms with Crippen LogP contribution in [-0.4, -0.2) is 31.3 Å². The van der Waals surface area contributed by atoms with Crippen LogP contribution in [0.3, 0.4) is 0 Å². The highest BCUT2D eigenvalue weighted by Crippen LogP contribution is 2.45. The molecule has 0 spiro atoms. The summed E-state index contributed by atoms with van der Waals surface area (Å²) in [5.41, 5.74) is 4.20. The van der Waals surface area contributed by atoms with Crippen LogP contribution in [0.1, 0.15) is 12.8 Å². The van der Waals surface area contributed by atoms with Gasteiger partial charge in [0.15, 0.2) is 0 Å². The van der Waals surface area contributed by atoms with E-state index in [-0.39, 0.29) is 12.4 Å². The fourth-order valence-corrected chi connectivity index (χ4v) is 2.02. The molecule has 0 aromatic carbocycles. The lowest BCUT2D eigenvalue weighted by Crippen LogP contribution is -2.31. The van der Waals surface area contributed by atoms with E-state index < -0.39 is 25.2 Å². The highest BCUT2D eigenvalue weighted by atomic mass is 31.2. The smallest absolute Gasteiger partial charge is 0.351 e. The van der Waals surface area contributed by atoms with Crippen molar-refractivity contribution >= 4 is 13.4 Å². The molecule has 1 heterocycles. The molecule has 0 aliphatic heterocycles. The maximum absolute atomic E-state index is 11.5. The maximum atomic E-state index is 11.5. The third-order valence-electron chi connectivity index (χ3n) is 2.70. The maximum Gasteiger partial charge on any atom is 0.351 e. The minimum absolute atomic E-state index is 0.136. The molecular formula is C9H14N3O5P. The minimum Gasteiger partial charge on any atom is -0.383 e. The van der Waals surface area contributed by atoms with Crippen LogP contribution in [0.5, 0.6) is 0 Å². The Hall–Kier alpha value is -1.21. The van der Waals surface area contributed by atoms with Gasteiger partial charge in [-0.3, -0.25) is 9.13 Å². The molecular weight excluding hydrogens is 261 g/mol. The highest BCUT2D eigenvalue weighted by molar-refractivity contribution is 7.51. The second kappa shape index (κ2) is 4.47. The predicted molar refractivity (Wildman–Crippen MR) is 62.9 cm³/mol. The Morgan fingerprint density at radius 2 is 2.22 bits per heavy atom. The summed E-state index contributed by atoms with van der Waals surface area (Å²) >= 11 is 0. The normalized spacial score (nSPS) is 17.7. The molecule has 9 heteroatoms. The summed E-state index contributed by atoms with van der Waals surface area (Å²) in [7, 11) is -4.19. The van der Waals surface area contributed by atoms with E-state index in [4.69, 9.17) is 20.3 Å². The van der Waals surface area contributed by atoms with Crippen molar-refractivity contribution in [2.45, 2.75) is 25.0 Å². The van der Waals surface area contributed by atoms with Crippen LogP contribution in [0.2, 0.25) is 0 Å². The Morgan fingerprint density at radius 3 is 2.72 bits per heavy atom. The molecule has 2 rings (SSSR count). The van der Waals surface area contributed by atoms with Crippen LogP contribution in [0.15, 0.2) is 17.1 Å². The van der Waals surface area contributed by atoms with Crippen molar-refractivity contribution in [3.05, 3.63) is 22.7 Å². The molecule has 0 saturated heterocycles. The quantitative estimate of drug-likeness (QED) is 0.618. The van der Waals surface area contributed by atoms with E-state index in [1.807, 2.05) is 0 Å². The second-order valence-corrected chi connectivity index (χ2v) is 5.97. The van der Waals surface area contributed by atoms with Gasteiger partial charge in [-0.15, -0.1) is 0 Å². The lowest BCUT2D eigenvalue weighted by Gasteiger charge is -2.17. The van der Waals surface area contributed by atoms with Crippen molar-refractivity contribution in [3.63, 3.8) is 0 Å². The van der Waals surface area contributed by atoms with E-state index >= 15 is 0 Å². The molecule has 0 amide bonds. The molecule has 0 bridgehead atoms. The number of nitrogens with two attached hydrogens (primary N) is 1. The van der Waals surface area contributed by atoms with E-state index in [0.29, 0.717) is 12.8 Å². The third kappa shape index (κ3) is 3.39. The highest BCUT2D eigenvalue weighted by Gasteiger charge is 2.45. The van der Waals surface area contributed by atoms with Gasteiger partial charge in [0.1, 0.15) is 12.2 Å². The van der Waals surface area contributed by atoms with Crippen molar-refractivity contribution in [2.24, 2.45) is 0 Å². The summed E-state index contributed by atoms with van der Waals surface area (Å²) in [6, 6.07) is 1.49. The van der Waals surface area contributed by atoms with E-state index in [9.17, 15) is 9.36 Å². The van der Waals surface area contributed by atoms with Gasteiger partial charge in [0.2, 0.25) is 0 Å². The molecule has 4 N–H and O–H groups in total. The summed E-state index contributed by atoms with van der Waals surface area (Å²) < 4.78 is 17.3. The van der Waals surface area contributed by atoms with Gasteiger partial charge in [-0.2, -0.15) is 4.98 Å². The molecule has 0 atom stereocenters. The minimum atomic E-state index is -4.19. The van der Waals surface area contributed by atoms with Gasteiger partial charge in [-0.05, 0) is 18.9 Å². The molecule has 0 unspecified atom stereocenters. The molecule has 1 aliphatic carbocycles. The number of nitrogen functional groups attached to an aromatic ring is 1. The SMILES string of the molecule is Nc1ccn(CC2(OCP(=O)(O)O)CC2)c(=O)n1.